The summed E-state index contributed by atoms with van der Waals surface area (Å²) in [4.78, 5) is 0. The van der Waals surface area contributed by atoms with Crippen LogP contribution in [0.15, 0.2) is 84.9 Å². The van der Waals surface area contributed by atoms with Gasteiger partial charge in [0.25, 0.3) is 0 Å². The van der Waals surface area contributed by atoms with Crippen LogP contribution >= 0.6 is 0 Å². The maximum Gasteiger partial charge on any atom is 0.0265 e. The van der Waals surface area contributed by atoms with Crippen molar-refractivity contribution in [3.05, 3.63) is 118 Å². The average Bonchev–Trinajstić information content (AvgIpc) is 3.48. The van der Waals surface area contributed by atoms with Crippen LogP contribution in [0.25, 0.3) is 22.3 Å². The highest BCUT2D eigenvalue weighted by molar-refractivity contribution is 5.81. The highest BCUT2D eigenvalue weighted by Gasteiger charge is 2.60. The minimum Gasteiger partial charge on any atom is -0.0619 e. The monoisotopic (exact) mass is 464 g/mol. The molecule has 0 heteroatoms. The Balaban J connectivity index is 1.33. The first-order chi connectivity index (χ1) is 17.8. The van der Waals surface area contributed by atoms with E-state index in [4.69, 9.17) is 0 Å². The molecule has 4 saturated carbocycles. The Kier molecular flexibility index (Phi) is 3.89. The van der Waals surface area contributed by atoms with Crippen LogP contribution in [0.4, 0.5) is 0 Å². The lowest BCUT2D eigenvalue weighted by molar-refractivity contribution is -0.0423. The smallest absolute Gasteiger partial charge is 0.0265 e. The van der Waals surface area contributed by atoms with E-state index in [1.807, 2.05) is 0 Å². The largest absolute Gasteiger partial charge is 0.0619 e. The SMILES string of the molecule is c1ccc2c(c1)Cc1c-2cccc1C1(c2cccc3c2Cc2ccccc2-3)C2CC3CC(C2)CC1C3. The van der Waals surface area contributed by atoms with Gasteiger partial charge in [-0.25, -0.2) is 0 Å². The van der Waals surface area contributed by atoms with Crippen molar-refractivity contribution in [2.45, 2.75) is 50.4 Å². The van der Waals surface area contributed by atoms with Gasteiger partial charge in [-0.1, -0.05) is 84.9 Å². The normalized spacial score (nSPS) is 27.4. The first-order valence-corrected chi connectivity index (χ1v) is 14.2. The molecule has 0 nitrogen and oxygen atoms in total. The van der Waals surface area contributed by atoms with E-state index in [1.165, 1.54) is 65.5 Å². The molecule has 4 aromatic rings. The van der Waals surface area contributed by atoms with Crippen molar-refractivity contribution in [1.82, 2.24) is 0 Å². The Morgan fingerprint density at radius 1 is 0.444 bits per heavy atom. The Morgan fingerprint density at radius 3 is 1.39 bits per heavy atom. The Hall–Kier alpha value is -3.12. The second-order valence-electron chi connectivity index (χ2n) is 12.5. The predicted molar refractivity (Wildman–Crippen MR) is 147 cm³/mol. The van der Waals surface area contributed by atoms with Crippen LogP contribution in [0, 0.1) is 23.7 Å². The average molecular weight is 465 g/mol. The first-order valence-electron chi connectivity index (χ1n) is 14.2. The van der Waals surface area contributed by atoms with Gasteiger partial charge >= 0.3 is 0 Å². The minimum atomic E-state index is 0.161. The lowest BCUT2D eigenvalue weighted by Crippen LogP contribution is -2.56. The molecule has 0 atom stereocenters. The fourth-order valence-electron chi connectivity index (χ4n) is 10.0. The molecule has 0 saturated heterocycles. The van der Waals surface area contributed by atoms with Crippen molar-refractivity contribution in [2.75, 3.05) is 0 Å². The van der Waals surface area contributed by atoms with Gasteiger partial charge < -0.3 is 0 Å². The third-order valence-corrected chi connectivity index (χ3v) is 11.0. The lowest BCUT2D eigenvalue weighted by atomic mass is 9.41. The highest BCUT2D eigenvalue weighted by atomic mass is 14.6. The number of hydrogen-bond donors (Lipinski definition) is 0. The summed E-state index contributed by atoms with van der Waals surface area (Å²) in [7, 11) is 0. The molecular formula is C36H32. The summed E-state index contributed by atoms with van der Waals surface area (Å²) < 4.78 is 0. The zero-order valence-corrected chi connectivity index (χ0v) is 20.8. The molecule has 6 aliphatic rings. The fourth-order valence-corrected chi connectivity index (χ4v) is 10.0. The number of hydrogen-bond acceptors (Lipinski definition) is 0. The standard InChI is InChI=1S/C36H32/c1-3-9-28-24(7-1)20-32-30(28)11-5-13-34(32)36(26-16-22-15-23(18-26)19-27(36)17-22)35-14-6-12-31-29-10-4-2-8-25(29)21-33(31)35/h1-14,22-23,26-27H,15-21H2. The summed E-state index contributed by atoms with van der Waals surface area (Å²) in [6.07, 6.45) is 9.43. The topological polar surface area (TPSA) is 0 Å². The van der Waals surface area contributed by atoms with Crippen molar-refractivity contribution in [1.29, 1.82) is 0 Å². The van der Waals surface area contributed by atoms with E-state index in [0.717, 1.165) is 36.5 Å². The van der Waals surface area contributed by atoms with Gasteiger partial charge in [-0.15, -0.1) is 0 Å². The maximum atomic E-state index is 2.56. The molecule has 0 N–H and O–H groups in total. The molecule has 36 heavy (non-hydrogen) atoms. The molecule has 6 aliphatic carbocycles. The van der Waals surface area contributed by atoms with Crippen LogP contribution in [-0.4, -0.2) is 0 Å². The highest BCUT2D eigenvalue weighted by Crippen LogP contribution is 2.67. The molecule has 176 valence electrons. The van der Waals surface area contributed by atoms with E-state index in [2.05, 4.69) is 84.9 Å². The predicted octanol–water partition coefficient (Wildman–Crippen LogP) is 8.57. The third-order valence-electron chi connectivity index (χ3n) is 11.0. The number of fused-ring (bicyclic) bond motifs is 6. The second kappa shape index (κ2) is 7.00. The van der Waals surface area contributed by atoms with Crippen LogP contribution in [0.2, 0.25) is 0 Å². The summed E-state index contributed by atoms with van der Waals surface area (Å²) in [6.45, 7) is 0. The van der Waals surface area contributed by atoms with Gasteiger partial charge in [-0.2, -0.15) is 0 Å². The molecular weight excluding hydrogens is 432 g/mol. The van der Waals surface area contributed by atoms with E-state index in [1.54, 1.807) is 22.3 Å². The molecule has 0 aromatic heterocycles. The van der Waals surface area contributed by atoms with E-state index in [-0.39, 0.29) is 5.41 Å². The quantitative estimate of drug-likeness (QED) is 0.241. The molecule has 10 rings (SSSR count). The van der Waals surface area contributed by atoms with Gasteiger partial charge in [0.1, 0.15) is 0 Å². The van der Waals surface area contributed by atoms with Crippen molar-refractivity contribution >= 4 is 0 Å². The Labute approximate surface area is 214 Å². The summed E-state index contributed by atoms with van der Waals surface area (Å²) in [5.41, 5.74) is 15.8. The van der Waals surface area contributed by atoms with Gasteiger partial charge in [0.2, 0.25) is 0 Å². The first kappa shape index (κ1) is 20.0. The number of benzene rings is 4. The van der Waals surface area contributed by atoms with Crippen LogP contribution in [0.3, 0.4) is 0 Å². The van der Waals surface area contributed by atoms with E-state index < -0.39 is 0 Å². The molecule has 0 unspecified atom stereocenters. The molecule has 0 heterocycles. The van der Waals surface area contributed by atoms with Crippen LogP contribution in [0.5, 0.6) is 0 Å². The van der Waals surface area contributed by atoms with Gasteiger partial charge in [-0.3, -0.25) is 0 Å². The van der Waals surface area contributed by atoms with Crippen molar-refractivity contribution in [3.63, 3.8) is 0 Å². The van der Waals surface area contributed by atoms with E-state index in [0.29, 0.717) is 0 Å². The summed E-state index contributed by atoms with van der Waals surface area (Å²) in [6, 6.07) is 33.0. The summed E-state index contributed by atoms with van der Waals surface area (Å²) >= 11 is 0. The second-order valence-corrected chi connectivity index (χ2v) is 12.5. The third kappa shape index (κ3) is 2.41. The molecule has 0 aliphatic heterocycles. The van der Waals surface area contributed by atoms with Crippen molar-refractivity contribution < 1.29 is 0 Å². The zero-order chi connectivity index (χ0) is 23.4. The van der Waals surface area contributed by atoms with Crippen LogP contribution < -0.4 is 0 Å². The molecule has 4 bridgehead atoms. The number of rotatable bonds is 2. The molecule has 0 spiro atoms. The molecule has 4 fully saturated rings. The summed E-state index contributed by atoms with van der Waals surface area (Å²) in [5, 5.41) is 0. The van der Waals surface area contributed by atoms with Crippen molar-refractivity contribution in [2.24, 2.45) is 23.7 Å². The van der Waals surface area contributed by atoms with Crippen LogP contribution in [0.1, 0.15) is 65.5 Å². The van der Waals surface area contributed by atoms with Gasteiger partial charge in [0, 0.05) is 5.41 Å². The molecule has 0 amide bonds. The van der Waals surface area contributed by atoms with Crippen LogP contribution in [-0.2, 0) is 18.3 Å². The zero-order valence-electron chi connectivity index (χ0n) is 20.8. The van der Waals surface area contributed by atoms with Gasteiger partial charge in [0.05, 0.1) is 0 Å². The van der Waals surface area contributed by atoms with E-state index in [9.17, 15) is 0 Å². The fraction of sp³-hybridized carbons (Fsp3) is 0.333. The van der Waals surface area contributed by atoms with Gasteiger partial charge in [0.15, 0.2) is 0 Å². The minimum absolute atomic E-state index is 0.161. The molecule has 4 aromatic carbocycles. The van der Waals surface area contributed by atoms with Crippen molar-refractivity contribution in [3.8, 4) is 22.3 Å². The lowest BCUT2D eigenvalue weighted by Gasteiger charge is -2.62. The Bertz CT molecular complexity index is 1430. The Morgan fingerprint density at radius 2 is 0.889 bits per heavy atom. The van der Waals surface area contributed by atoms with E-state index >= 15 is 0 Å². The van der Waals surface area contributed by atoms with Gasteiger partial charge in [-0.05, 0) is 124 Å². The summed E-state index contributed by atoms with van der Waals surface area (Å²) in [5.74, 6) is 3.48. The maximum absolute atomic E-state index is 2.56. The molecule has 0 radical (unpaired) electrons.